The van der Waals surface area contributed by atoms with Gasteiger partial charge in [0.1, 0.15) is 17.8 Å². The summed E-state index contributed by atoms with van der Waals surface area (Å²) in [6.45, 7) is 0. The lowest BCUT2D eigenvalue weighted by Gasteiger charge is -2.40. The molecule has 3 rings (SSSR count). The van der Waals surface area contributed by atoms with E-state index in [1.165, 1.54) is 49.6 Å². The van der Waals surface area contributed by atoms with Crippen LogP contribution in [0.4, 0.5) is 0 Å². The summed E-state index contributed by atoms with van der Waals surface area (Å²) in [5.41, 5.74) is -1.55. The number of rotatable bonds is 8. The number of methoxy groups -OCH3 is 1. The van der Waals surface area contributed by atoms with Crippen LogP contribution in [-0.4, -0.2) is 63.3 Å². The number of aromatic hydroxyl groups is 3. The molecule has 0 radical (unpaired) electrons. The van der Waals surface area contributed by atoms with E-state index in [9.17, 15) is 39.9 Å². The highest BCUT2D eigenvalue weighted by atomic mass is 16.6. The summed E-state index contributed by atoms with van der Waals surface area (Å²) in [4.78, 5) is 36.1. The Morgan fingerprint density at radius 1 is 0.865 bits per heavy atom. The highest BCUT2D eigenvalue weighted by Crippen LogP contribution is 2.33. The first-order valence-electron chi connectivity index (χ1n) is 11.1. The lowest BCUT2D eigenvalue weighted by molar-refractivity contribution is -0.329. The Bertz CT molecular complexity index is 1230. The van der Waals surface area contributed by atoms with Crippen molar-refractivity contribution in [3.63, 3.8) is 0 Å². The molecule has 0 saturated heterocycles. The zero-order valence-corrected chi connectivity index (χ0v) is 19.7. The van der Waals surface area contributed by atoms with Crippen molar-refractivity contribution in [3.8, 4) is 23.0 Å². The monoisotopic (exact) mass is 513 g/mol. The van der Waals surface area contributed by atoms with Crippen LogP contribution in [0.2, 0.25) is 0 Å². The second-order valence-electron chi connectivity index (χ2n) is 8.43. The maximum absolute atomic E-state index is 12.3. The number of carboxylic acids is 1. The third-order valence-electron chi connectivity index (χ3n) is 5.63. The van der Waals surface area contributed by atoms with Crippen LogP contribution in [0, 0.1) is 0 Å². The molecule has 1 aliphatic rings. The number of phenolic OH excluding ortho intramolecular Hbond substituents is 3. The number of aliphatic hydroxyl groups is 1. The molecule has 196 valence electrons. The third-order valence-corrected chi connectivity index (χ3v) is 5.63. The number of carboxylic acid groups (broad SMARTS) is 1. The molecule has 2 aromatic rings. The van der Waals surface area contributed by atoms with Crippen LogP contribution in [0.3, 0.4) is 0 Å². The van der Waals surface area contributed by atoms with Crippen LogP contribution >= 0.6 is 0 Å². The SMILES string of the molecule is COc1ccc(/C=C/C(=O)O[C@H]2C[C@H](OC(=O)/C=C/c3ccc(O)c(O)c3)C[C@](O)(C(=O)[O-])C2)cc1O. The van der Waals surface area contributed by atoms with Crippen LogP contribution in [0.25, 0.3) is 12.2 Å². The number of ether oxygens (including phenoxy) is 3. The normalized spacial score (nSPS) is 21.6. The van der Waals surface area contributed by atoms with Crippen molar-refractivity contribution in [1.82, 2.24) is 0 Å². The minimum absolute atomic E-state index is 0.0714. The maximum Gasteiger partial charge on any atom is 0.331 e. The van der Waals surface area contributed by atoms with Crippen molar-refractivity contribution in [2.45, 2.75) is 37.1 Å². The fourth-order valence-electron chi connectivity index (χ4n) is 3.83. The number of esters is 2. The van der Waals surface area contributed by atoms with Gasteiger partial charge in [-0.2, -0.15) is 0 Å². The smallest absolute Gasteiger partial charge is 0.331 e. The van der Waals surface area contributed by atoms with Crippen molar-refractivity contribution < 1.29 is 54.1 Å². The summed E-state index contributed by atoms with van der Waals surface area (Å²) in [6.07, 6.45) is 1.53. The summed E-state index contributed by atoms with van der Waals surface area (Å²) in [5.74, 6) is -4.12. The molecule has 0 spiro atoms. The molecule has 2 aromatic carbocycles. The van der Waals surface area contributed by atoms with E-state index < -0.39 is 48.6 Å². The Morgan fingerprint density at radius 3 is 1.84 bits per heavy atom. The van der Waals surface area contributed by atoms with E-state index in [-0.39, 0.29) is 29.4 Å². The summed E-state index contributed by atoms with van der Waals surface area (Å²) < 4.78 is 15.5. The fourth-order valence-corrected chi connectivity index (χ4v) is 3.83. The Kier molecular flexibility index (Phi) is 8.41. The number of carbonyl (C=O) groups excluding carboxylic acids is 3. The van der Waals surface area contributed by atoms with Crippen molar-refractivity contribution in [2.75, 3.05) is 7.11 Å². The van der Waals surface area contributed by atoms with Gasteiger partial charge in [-0.1, -0.05) is 12.1 Å². The minimum atomic E-state index is -2.40. The lowest BCUT2D eigenvalue weighted by Crippen LogP contribution is -2.56. The van der Waals surface area contributed by atoms with Gasteiger partial charge in [-0.3, -0.25) is 0 Å². The van der Waals surface area contributed by atoms with E-state index in [1.807, 2.05) is 0 Å². The predicted octanol–water partition coefficient (Wildman–Crippen LogP) is 1.03. The number of benzene rings is 2. The third kappa shape index (κ3) is 7.24. The molecule has 0 aliphatic heterocycles. The quantitative estimate of drug-likeness (QED) is 0.225. The van der Waals surface area contributed by atoms with Gasteiger partial charge in [0.25, 0.3) is 0 Å². The summed E-state index contributed by atoms with van der Waals surface area (Å²) in [5, 5.41) is 50.7. The second-order valence-corrected chi connectivity index (χ2v) is 8.43. The largest absolute Gasteiger partial charge is 0.547 e. The average Bonchev–Trinajstić information content (AvgIpc) is 2.83. The van der Waals surface area contributed by atoms with Gasteiger partial charge in [0, 0.05) is 31.4 Å². The summed E-state index contributed by atoms with van der Waals surface area (Å²) in [7, 11) is 1.39. The van der Waals surface area contributed by atoms with E-state index in [1.54, 1.807) is 6.07 Å². The molecule has 1 aliphatic carbocycles. The Morgan fingerprint density at radius 2 is 1.38 bits per heavy atom. The predicted molar refractivity (Wildman–Crippen MR) is 126 cm³/mol. The minimum Gasteiger partial charge on any atom is -0.547 e. The molecular weight excluding hydrogens is 488 g/mol. The first-order valence-corrected chi connectivity index (χ1v) is 11.1. The first kappa shape index (κ1) is 27.1. The molecule has 11 heteroatoms. The van der Waals surface area contributed by atoms with Crippen LogP contribution in [0.15, 0.2) is 48.6 Å². The molecule has 0 bridgehead atoms. The van der Waals surface area contributed by atoms with Crippen LogP contribution in [0.5, 0.6) is 23.0 Å². The maximum atomic E-state index is 12.3. The fraction of sp³-hybridized carbons (Fsp3) is 0.269. The number of phenols is 3. The molecule has 1 fully saturated rings. The van der Waals surface area contributed by atoms with E-state index in [0.717, 1.165) is 12.2 Å². The number of carbonyl (C=O) groups is 3. The van der Waals surface area contributed by atoms with Crippen LogP contribution in [-0.2, 0) is 23.9 Å². The highest BCUT2D eigenvalue weighted by Gasteiger charge is 2.43. The molecule has 0 amide bonds. The molecule has 3 atom stereocenters. The zero-order chi connectivity index (χ0) is 27.2. The van der Waals surface area contributed by atoms with Gasteiger partial charge in [-0.25, -0.2) is 9.59 Å². The number of hydrogen-bond acceptors (Lipinski definition) is 11. The zero-order valence-electron chi connectivity index (χ0n) is 19.7. The first-order chi connectivity index (χ1) is 17.5. The van der Waals surface area contributed by atoms with Crippen molar-refractivity contribution in [1.29, 1.82) is 0 Å². The van der Waals surface area contributed by atoms with Gasteiger partial charge >= 0.3 is 11.9 Å². The molecule has 1 saturated carbocycles. The summed E-state index contributed by atoms with van der Waals surface area (Å²) in [6, 6.07) is 8.32. The molecular formula is C26H25O11-. The van der Waals surface area contributed by atoms with E-state index in [0.29, 0.717) is 11.1 Å². The van der Waals surface area contributed by atoms with Crippen molar-refractivity contribution in [3.05, 3.63) is 59.7 Å². The number of aliphatic carboxylic acids is 1. The average molecular weight is 513 g/mol. The van der Waals surface area contributed by atoms with E-state index in [2.05, 4.69) is 0 Å². The molecule has 4 N–H and O–H groups in total. The van der Waals surface area contributed by atoms with Crippen molar-refractivity contribution >= 4 is 30.1 Å². The van der Waals surface area contributed by atoms with Crippen LogP contribution < -0.4 is 9.84 Å². The Labute approximate surface area is 211 Å². The van der Waals surface area contributed by atoms with Crippen LogP contribution in [0.1, 0.15) is 30.4 Å². The van der Waals surface area contributed by atoms with Gasteiger partial charge in [0.2, 0.25) is 0 Å². The second kappa shape index (κ2) is 11.5. The molecule has 11 nitrogen and oxygen atoms in total. The van der Waals surface area contributed by atoms with E-state index >= 15 is 0 Å². The van der Waals surface area contributed by atoms with Gasteiger partial charge in [0.15, 0.2) is 23.0 Å². The molecule has 0 heterocycles. The number of hydrogen-bond donors (Lipinski definition) is 4. The van der Waals surface area contributed by atoms with Crippen molar-refractivity contribution in [2.24, 2.45) is 0 Å². The van der Waals surface area contributed by atoms with Gasteiger partial charge in [0.05, 0.1) is 13.1 Å². The van der Waals surface area contributed by atoms with Gasteiger partial charge < -0.3 is 44.5 Å². The summed E-state index contributed by atoms with van der Waals surface area (Å²) >= 11 is 0. The highest BCUT2D eigenvalue weighted by molar-refractivity contribution is 5.88. The van der Waals surface area contributed by atoms with E-state index in [4.69, 9.17) is 14.2 Å². The lowest BCUT2D eigenvalue weighted by atomic mass is 9.81. The van der Waals surface area contributed by atoms with Gasteiger partial charge in [-0.05, 0) is 47.5 Å². The molecule has 0 aromatic heterocycles. The Hall–Kier alpha value is -4.51. The molecule has 37 heavy (non-hydrogen) atoms. The molecule has 0 unspecified atom stereocenters. The standard InChI is InChI=1S/C26H26O11/c1-35-22-7-3-16(11-21(22)29)5-9-24(31)37-18-12-17(13-26(34,14-18)25(32)33)36-23(30)8-4-15-2-6-19(27)20(28)10-15/h2-11,17-18,27-29,34H,12-14H2,1H3,(H,32,33)/p-1/b8-4+,9-5+/t17-,18-,26+/m0/s1. The topological polar surface area (TPSA) is 183 Å². The Balaban J connectivity index is 1.65. The van der Waals surface area contributed by atoms with Gasteiger partial charge in [-0.15, -0.1) is 0 Å².